The Hall–Kier alpha value is -4.19. The van der Waals surface area contributed by atoms with Crippen LogP contribution in [0.3, 0.4) is 0 Å². The van der Waals surface area contributed by atoms with Crippen molar-refractivity contribution >= 4 is 22.6 Å². The van der Waals surface area contributed by atoms with Gasteiger partial charge in [0.15, 0.2) is 0 Å². The molecule has 0 saturated heterocycles. The summed E-state index contributed by atoms with van der Waals surface area (Å²) in [5.74, 6) is 0.398. The van der Waals surface area contributed by atoms with Gasteiger partial charge in [-0.05, 0) is 52.7 Å². The molecule has 166 valence electrons. The van der Waals surface area contributed by atoms with Gasteiger partial charge in [-0.15, -0.1) is 0 Å². The van der Waals surface area contributed by atoms with Crippen molar-refractivity contribution in [2.75, 3.05) is 6.54 Å². The van der Waals surface area contributed by atoms with E-state index in [0.29, 0.717) is 18.7 Å². The van der Waals surface area contributed by atoms with Crippen molar-refractivity contribution in [2.45, 2.75) is 19.6 Å². The molecule has 2 N–H and O–H groups in total. The fourth-order valence-corrected chi connectivity index (χ4v) is 3.40. The zero-order valence-electron chi connectivity index (χ0n) is 18.2. The van der Waals surface area contributed by atoms with Crippen molar-refractivity contribution in [1.82, 2.24) is 15.6 Å². The highest BCUT2D eigenvalue weighted by atomic mass is 16.5. The first-order valence-electron chi connectivity index (χ1n) is 10.8. The summed E-state index contributed by atoms with van der Waals surface area (Å²) in [6.45, 7) is 1.04. The lowest BCUT2D eigenvalue weighted by Crippen LogP contribution is -2.30. The van der Waals surface area contributed by atoms with E-state index in [2.05, 4.69) is 15.6 Å². The number of nitrogens with one attached hydrogen (secondary N) is 2. The molecule has 6 nitrogen and oxygen atoms in total. The molecule has 33 heavy (non-hydrogen) atoms. The Balaban J connectivity index is 1.20. The lowest BCUT2D eigenvalue weighted by molar-refractivity contribution is -0.121. The highest BCUT2D eigenvalue weighted by Crippen LogP contribution is 2.16. The van der Waals surface area contributed by atoms with Crippen LogP contribution in [0.4, 0.5) is 0 Å². The summed E-state index contributed by atoms with van der Waals surface area (Å²) in [5.41, 5.74) is 2.36. The van der Waals surface area contributed by atoms with Crippen LogP contribution in [-0.2, 0) is 17.9 Å². The molecule has 1 heterocycles. The van der Waals surface area contributed by atoms with Crippen LogP contribution < -0.4 is 15.4 Å². The van der Waals surface area contributed by atoms with E-state index in [0.717, 1.165) is 27.8 Å². The molecule has 0 unspecified atom stereocenters. The van der Waals surface area contributed by atoms with Crippen LogP contribution in [0.25, 0.3) is 10.8 Å². The number of fused-ring (bicyclic) bond motifs is 1. The van der Waals surface area contributed by atoms with Crippen molar-refractivity contribution in [3.05, 3.63) is 108 Å². The summed E-state index contributed by atoms with van der Waals surface area (Å²) in [6, 6.07) is 26.7. The van der Waals surface area contributed by atoms with E-state index < -0.39 is 0 Å². The van der Waals surface area contributed by atoms with Crippen LogP contribution in [0.1, 0.15) is 28.0 Å². The zero-order valence-corrected chi connectivity index (χ0v) is 18.2. The van der Waals surface area contributed by atoms with Gasteiger partial charge in [-0.1, -0.05) is 48.5 Å². The molecule has 0 radical (unpaired) electrons. The maximum Gasteiger partial charge on any atom is 0.251 e. The average molecular weight is 440 g/mol. The molecule has 2 amide bonds. The van der Waals surface area contributed by atoms with Gasteiger partial charge >= 0.3 is 0 Å². The topological polar surface area (TPSA) is 80.3 Å². The molecule has 3 aromatic carbocycles. The Morgan fingerprint density at radius 1 is 0.818 bits per heavy atom. The number of aromatic nitrogens is 1. The number of hydrogen-bond donors (Lipinski definition) is 2. The smallest absolute Gasteiger partial charge is 0.251 e. The fourth-order valence-electron chi connectivity index (χ4n) is 3.40. The molecule has 0 aliphatic heterocycles. The van der Waals surface area contributed by atoms with Crippen LogP contribution >= 0.6 is 0 Å². The molecular formula is C27H25N3O3. The second-order valence-electron chi connectivity index (χ2n) is 7.60. The molecule has 0 aliphatic carbocycles. The van der Waals surface area contributed by atoms with Crippen molar-refractivity contribution in [3.8, 4) is 5.75 Å². The lowest BCUT2D eigenvalue weighted by atomic mass is 10.1. The van der Waals surface area contributed by atoms with E-state index in [4.69, 9.17) is 4.74 Å². The van der Waals surface area contributed by atoms with Crippen LogP contribution in [0.5, 0.6) is 5.75 Å². The first kappa shape index (κ1) is 22.0. The van der Waals surface area contributed by atoms with Gasteiger partial charge in [0.25, 0.3) is 5.91 Å². The summed E-state index contributed by atoms with van der Waals surface area (Å²) >= 11 is 0. The monoisotopic (exact) mass is 439 g/mol. The molecule has 1 aromatic heterocycles. The summed E-state index contributed by atoms with van der Waals surface area (Å²) in [5, 5.41) is 7.78. The normalized spacial score (nSPS) is 10.5. The molecule has 0 bridgehead atoms. The van der Waals surface area contributed by atoms with Crippen molar-refractivity contribution < 1.29 is 14.3 Å². The van der Waals surface area contributed by atoms with E-state index in [-0.39, 0.29) is 24.8 Å². The second-order valence-corrected chi connectivity index (χ2v) is 7.60. The van der Waals surface area contributed by atoms with Crippen LogP contribution in [0.15, 0.2) is 91.1 Å². The number of amides is 2. The number of benzene rings is 3. The van der Waals surface area contributed by atoms with Crippen LogP contribution in [0, 0.1) is 0 Å². The minimum Gasteiger partial charge on any atom is -0.487 e. The second kappa shape index (κ2) is 10.9. The van der Waals surface area contributed by atoms with Crippen LogP contribution in [-0.4, -0.2) is 23.3 Å². The van der Waals surface area contributed by atoms with Crippen molar-refractivity contribution in [1.29, 1.82) is 0 Å². The Kier molecular flexibility index (Phi) is 7.28. The highest BCUT2D eigenvalue weighted by Gasteiger charge is 2.08. The fraction of sp³-hybridized carbons (Fsp3) is 0.148. The van der Waals surface area contributed by atoms with Crippen molar-refractivity contribution in [3.63, 3.8) is 0 Å². The summed E-state index contributed by atoms with van der Waals surface area (Å²) in [7, 11) is 0. The summed E-state index contributed by atoms with van der Waals surface area (Å²) in [6.07, 6.45) is 1.93. The minimum atomic E-state index is -0.189. The number of carbonyl (C=O) groups is 2. The van der Waals surface area contributed by atoms with Gasteiger partial charge in [-0.3, -0.25) is 14.6 Å². The van der Waals surface area contributed by atoms with E-state index in [1.165, 1.54) is 0 Å². The van der Waals surface area contributed by atoms with Gasteiger partial charge in [-0.25, -0.2) is 0 Å². The molecule has 0 spiro atoms. The highest BCUT2D eigenvalue weighted by molar-refractivity contribution is 5.98. The number of carbonyl (C=O) groups excluding carboxylic acids is 2. The number of nitrogens with zero attached hydrogens (tertiary/aromatic N) is 1. The van der Waals surface area contributed by atoms with E-state index >= 15 is 0 Å². The zero-order chi connectivity index (χ0) is 22.9. The molecular weight excluding hydrogens is 414 g/mol. The maximum absolute atomic E-state index is 12.4. The third-order valence-corrected chi connectivity index (χ3v) is 5.15. The first-order chi connectivity index (χ1) is 16.2. The Bertz CT molecular complexity index is 1240. The Morgan fingerprint density at radius 3 is 2.52 bits per heavy atom. The largest absolute Gasteiger partial charge is 0.487 e. The summed E-state index contributed by atoms with van der Waals surface area (Å²) < 4.78 is 5.78. The molecule has 6 heteroatoms. The van der Waals surface area contributed by atoms with Gasteiger partial charge in [0.05, 0.1) is 5.69 Å². The first-order valence-corrected chi connectivity index (χ1v) is 10.8. The lowest BCUT2D eigenvalue weighted by Gasteiger charge is -2.10. The quantitative estimate of drug-likeness (QED) is 0.409. The number of hydrogen-bond acceptors (Lipinski definition) is 4. The summed E-state index contributed by atoms with van der Waals surface area (Å²) in [4.78, 5) is 28.8. The SMILES string of the molecule is O=C(CCNC(=O)c1ccc2ccccc2c1)NCc1cccc(OCc2ccccn2)c1. The van der Waals surface area contributed by atoms with E-state index in [9.17, 15) is 9.59 Å². The Labute approximate surface area is 192 Å². The minimum absolute atomic E-state index is 0.131. The maximum atomic E-state index is 12.4. The third kappa shape index (κ3) is 6.40. The van der Waals surface area contributed by atoms with Gasteiger partial charge < -0.3 is 15.4 Å². The van der Waals surface area contributed by atoms with Gasteiger partial charge in [0.2, 0.25) is 5.91 Å². The molecule has 0 fully saturated rings. The molecule has 0 aliphatic rings. The molecule has 4 rings (SSSR count). The number of rotatable bonds is 9. The number of ether oxygens (including phenoxy) is 1. The van der Waals surface area contributed by atoms with E-state index in [1.54, 1.807) is 12.3 Å². The third-order valence-electron chi connectivity index (χ3n) is 5.15. The predicted octanol–water partition coefficient (Wildman–Crippen LogP) is 4.25. The number of pyridine rings is 1. The van der Waals surface area contributed by atoms with Gasteiger partial charge in [0, 0.05) is 31.3 Å². The van der Waals surface area contributed by atoms with Crippen LogP contribution in [0.2, 0.25) is 0 Å². The standard InChI is InChI=1S/C27H25N3O3/c31-26(13-15-29-27(32)23-12-11-21-7-1-2-8-22(21)17-23)30-18-20-6-5-10-25(16-20)33-19-24-9-3-4-14-28-24/h1-12,14,16-17H,13,15,18-19H2,(H,29,32)(H,30,31). The molecule has 0 saturated carbocycles. The molecule has 4 aromatic rings. The van der Waals surface area contributed by atoms with Gasteiger partial charge in [0.1, 0.15) is 12.4 Å². The predicted molar refractivity (Wildman–Crippen MR) is 128 cm³/mol. The average Bonchev–Trinajstić information content (AvgIpc) is 2.87. The van der Waals surface area contributed by atoms with Gasteiger partial charge in [-0.2, -0.15) is 0 Å². The molecule has 0 atom stereocenters. The van der Waals surface area contributed by atoms with Crippen molar-refractivity contribution in [2.24, 2.45) is 0 Å². The van der Waals surface area contributed by atoms with E-state index in [1.807, 2.05) is 78.9 Å². The Morgan fingerprint density at radius 2 is 1.67 bits per heavy atom.